The van der Waals surface area contributed by atoms with Crippen LogP contribution >= 0.6 is 0 Å². The number of hydrogen-bond acceptors (Lipinski definition) is 4. The maximum Gasteiger partial charge on any atom is 0.452 e. The first-order valence-corrected chi connectivity index (χ1v) is 7.02. The molecule has 1 fully saturated rings. The van der Waals surface area contributed by atoms with E-state index < -0.39 is 18.4 Å². The van der Waals surface area contributed by atoms with E-state index >= 15 is 0 Å². The van der Waals surface area contributed by atoms with Crippen molar-refractivity contribution in [2.45, 2.75) is 32.2 Å². The van der Waals surface area contributed by atoms with E-state index in [1.165, 1.54) is 24.3 Å². The standard InChI is InChI=1S/C15H17F3O4/c1-2-20-13(19)11-4-3-5-12(8-11)22-14(15(16,17)18)21-9-10-6-7-10/h3-5,8,10,14H,2,6-7,9H2,1H3. The fourth-order valence-corrected chi connectivity index (χ4v) is 1.74. The number of halogens is 3. The van der Waals surface area contributed by atoms with Gasteiger partial charge in [-0.3, -0.25) is 0 Å². The molecule has 1 unspecified atom stereocenters. The van der Waals surface area contributed by atoms with Crippen molar-refractivity contribution in [3.8, 4) is 5.75 Å². The lowest BCUT2D eigenvalue weighted by Crippen LogP contribution is -2.37. The minimum absolute atomic E-state index is 0.0156. The highest BCUT2D eigenvalue weighted by molar-refractivity contribution is 5.89. The molecule has 1 aromatic rings. The van der Waals surface area contributed by atoms with Gasteiger partial charge in [0.1, 0.15) is 5.75 Å². The summed E-state index contributed by atoms with van der Waals surface area (Å²) in [6.07, 6.45) is -5.23. The number of carbonyl (C=O) groups excluding carboxylic acids is 1. The number of ether oxygens (including phenoxy) is 3. The fourth-order valence-electron chi connectivity index (χ4n) is 1.74. The Morgan fingerprint density at radius 2 is 2.09 bits per heavy atom. The minimum Gasteiger partial charge on any atom is -0.462 e. The number of benzene rings is 1. The van der Waals surface area contributed by atoms with Crippen molar-refractivity contribution < 1.29 is 32.2 Å². The molecule has 0 amide bonds. The van der Waals surface area contributed by atoms with E-state index in [9.17, 15) is 18.0 Å². The van der Waals surface area contributed by atoms with E-state index in [0.717, 1.165) is 12.8 Å². The van der Waals surface area contributed by atoms with Crippen molar-refractivity contribution in [1.29, 1.82) is 0 Å². The third-order valence-corrected chi connectivity index (χ3v) is 3.04. The Morgan fingerprint density at radius 3 is 2.68 bits per heavy atom. The normalized spacial score (nSPS) is 16.2. The van der Waals surface area contributed by atoms with E-state index in [2.05, 4.69) is 0 Å². The zero-order valence-corrected chi connectivity index (χ0v) is 12.1. The van der Waals surface area contributed by atoms with E-state index in [4.69, 9.17) is 14.2 Å². The summed E-state index contributed by atoms with van der Waals surface area (Å²) in [5, 5.41) is 0. The lowest BCUT2D eigenvalue weighted by molar-refractivity contribution is -0.283. The van der Waals surface area contributed by atoms with Gasteiger partial charge in [0.2, 0.25) is 0 Å². The van der Waals surface area contributed by atoms with Gasteiger partial charge in [-0.1, -0.05) is 6.07 Å². The molecule has 1 aliphatic rings. The zero-order valence-electron chi connectivity index (χ0n) is 12.1. The van der Waals surface area contributed by atoms with Gasteiger partial charge in [0.15, 0.2) is 0 Å². The van der Waals surface area contributed by atoms with Gasteiger partial charge in [-0.2, -0.15) is 13.2 Å². The number of hydrogen-bond donors (Lipinski definition) is 0. The van der Waals surface area contributed by atoms with E-state index in [1.807, 2.05) is 0 Å². The van der Waals surface area contributed by atoms with Crippen LogP contribution in [0.2, 0.25) is 0 Å². The first-order valence-electron chi connectivity index (χ1n) is 7.02. The monoisotopic (exact) mass is 318 g/mol. The third-order valence-electron chi connectivity index (χ3n) is 3.04. The number of alkyl halides is 3. The summed E-state index contributed by atoms with van der Waals surface area (Å²) in [6.45, 7) is 1.84. The van der Waals surface area contributed by atoms with Gasteiger partial charge in [0.05, 0.1) is 18.8 Å². The molecule has 0 heterocycles. The van der Waals surface area contributed by atoms with Crippen LogP contribution in [0.5, 0.6) is 5.75 Å². The van der Waals surface area contributed by atoms with Crippen molar-refractivity contribution in [3.63, 3.8) is 0 Å². The molecule has 0 radical (unpaired) electrons. The number of carbonyl (C=O) groups is 1. The average Bonchev–Trinajstić information content (AvgIpc) is 3.27. The van der Waals surface area contributed by atoms with Gasteiger partial charge in [-0.25, -0.2) is 4.79 Å². The molecule has 1 saturated carbocycles. The Labute approximate surface area is 126 Å². The molecular formula is C15H17F3O4. The molecule has 7 heteroatoms. The molecule has 1 aromatic carbocycles. The molecule has 0 spiro atoms. The fraction of sp³-hybridized carbons (Fsp3) is 0.533. The SMILES string of the molecule is CCOC(=O)c1cccc(OC(OCC2CC2)C(F)(F)F)c1. The highest BCUT2D eigenvalue weighted by Gasteiger charge is 2.44. The molecule has 0 saturated heterocycles. The van der Waals surface area contributed by atoms with Crippen LogP contribution in [-0.2, 0) is 9.47 Å². The number of rotatable bonds is 7. The van der Waals surface area contributed by atoms with Crippen LogP contribution in [0.4, 0.5) is 13.2 Å². The van der Waals surface area contributed by atoms with E-state index in [-0.39, 0.29) is 30.4 Å². The van der Waals surface area contributed by atoms with Gasteiger partial charge < -0.3 is 14.2 Å². The van der Waals surface area contributed by atoms with Crippen LogP contribution in [0.1, 0.15) is 30.1 Å². The number of esters is 1. The summed E-state index contributed by atoms with van der Waals surface area (Å²) in [6, 6.07) is 5.41. The summed E-state index contributed by atoms with van der Waals surface area (Å²) in [7, 11) is 0. The molecule has 1 aliphatic carbocycles. The first kappa shape index (κ1) is 16.6. The summed E-state index contributed by atoms with van der Waals surface area (Å²) in [5.41, 5.74) is 0.127. The van der Waals surface area contributed by atoms with Crippen LogP contribution in [0.15, 0.2) is 24.3 Å². The maximum atomic E-state index is 12.9. The molecule has 22 heavy (non-hydrogen) atoms. The Hall–Kier alpha value is -1.76. The second-order valence-electron chi connectivity index (χ2n) is 5.02. The highest BCUT2D eigenvalue weighted by Crippen LogP contribution is 2.32. The molecule has 2 rings (SSSR count). The van der Waals surface area contributed by atoms with Crippen molar-refractivity contribution in [1.82, 2.24) is 0 Å². The first-order chi connectivity index (χ1) is 10.4. The smallest absolute Gasteiger partial charge is 0.452 e. The molecule has 0 aromatic heterocycles. The zero-order chi connectivity index (χ0) is 16.2. The van der Waals surface area contributed by atoms with E-state index in [0.29, 0.717) is 0 Å². The topological polar surface area (TPSA) is 44.8 Å². The van der Waals surface area contributed by atoms with Gasteiger partial charge in [0, 0.05) is 0 Å². The predicted octanol–water partition coefficient (Wildman–Crippen LogP) is 3.56. The van der Waals surface area contributed by atoms with Crippen LogP contribution in [0.25, 0.3) is 0 Å². The average molecular weight is 318 g/mol. The van der Waals surface area contributed by atoms with Crippen molar-refractivity contribution >= 4 is 5.97 Å². The summed E-state index contributed by atoms with van der Waals surface area (Å²) in [5.74, 6) is -0.529. The van der Waals surface area contributed by atoms with Gasteiger partial charge >= 0.3 is 12.1 Å². The Balaban J connectivity index is 2.04. The molecule has 4 nitrogen and oxygen atoms in total. The molecular weight excluding hydrogens is 301 g/mol. The van der Waals surface area contributed by atoms with Crippen molar-refractivity contribution in [2.75, 3.05) is 13.2 Å². The summed E-state index contributed by atoms with van der Waals surface area (Å²) in [4.78, 5) is 11.6. The Kier molecular flexibility index (Phi) is 5.28. The molecule has 0 bridgehead atoms. The van der Waals surface area contributed by atoms with Crippen LogP contribution in [0.3, 0.4) is 0 Å². The molecule has 0 aliphatic heterocycles. The van der Waals surface area contributed by atoms with Crippen LogP contribution in [0, 0.1) is 5.92 Å². The van der Waals surface area contributed by atoms with Gasteiger partial charge in [-0.05, 0) is 43.9 Å². The van der Waals surface area contributed by atoms with Crippen molar-refractivity contribution in [3.05, 3.63) is 29.8 Å². The van der Waals surface area contributed by atoms with Crippen LogP contribution < -0.4 is 4.74 Å². The summed E-state index contributed by atoms with van der Waals surface area (Å²) >= 11 is 0. The van der Waals surface area contributed by atoms with Gasteiger partial charge in [-0.15, -0.1) is 0 Å². The largest absolute Gasteiger partial charge is 0.462 e. The quantitative estimate of drug-likeness (QED) is 0.569. The Morgan fingerprint density at radius 1 is 1.36 bits per heavy atom. The molecule has 1 atom stereocenters. The lowest BCUT2D eigenvalue weighted by Gasteiger charge is -2.22. The highest BCUT2D eigenvalue weighted by atomic mass is 19.4. The minimum atomic E-state index is -4.64. The molecule has 122 valence electrons. The van der Waals surface area contributed by atoms with Crippen LogP contribution in [-0.4, -0.2) is 31.6 Å². The summed E-state index contributed by atoms with van der Waals surface area (Å²) < 4.78 is 53.2. The van der Waals surface area contributed by atoms with E-state index in [1.54, 1.807) is 6.92 Å². The molecule has 0 N–H and O–H groups in total. The third kappa shape index (κ3) is 4.91. The lowest BCUT2D eigenvalue weighted by atomic mass is 10.2. The second-order valence-corrected chi connectivity index (χ2v) is 5.02. The second kappa shape index (κ2) is 7.00. The van der Waals surface area contributed by atoms with Crippen molar-refractivity contribution in [2.24, 2.45) is 5.92 Å². The maximum absolute atomic E-state index is 12.9. The van der Waals surface area contributed by atoms with Gasteiger partial charge in [0.25, 0.3) is 6.29 Å². The Bertz CT molecular complexity index is 512. The predicted molar refractivity (Wildman–Crippen MR) is 71.5 cm³/mol.